The Balaban J connectivity index is 2.69. The molecule has 0 bridgehead atoms. The van der Waals surface area contributed by atoms with Gasteiger partial charge in [0.2, 0.25) is 5.95 Å². The molecule has 6 nitrogen and oxygen atoms in total. The van der Waals surface area contributed by atoms with Gasteiger partial charge in [0.1, 0.15) is 6.61 Å². The van der Waals surface area contributed by atoms with Crippen molar-refractivity contribution in [1.29, 1.82) is 0 Å². The minimum absolute atomic E-state index is 0.0276. The molecule has 9 heteroatoms. The lowest BCUT2D eigenvalue weighted by Gasteiger charge is -2.10. The van der Waals surface area contributed by atoms with E-state index in [1.54, 1.807) is 0 Å². The van der Waals surface area contributed by atoms with Gasteiger partial charge in [-0.05, 0) is 13.3 Å². The lowest BCUT2D eigenvalue weighted by atomic mass is 10.4. The molecule has 1 N–H and O–H groups in total. The summed E-state index contributed by atoms with van der Waals surface area (Å²) in [5.74, 6) is 0.204. The Hall–Kier alpha value is -1.80. The van der Waals surface area contributed by atoms with Crippen LogP contribution in [-0.4, -0.2) is 40.9 Å². The highest BCUT2D eigenvalue weighted by atomic mass is 19.4. The Bertz CT molecular complexity index is 415. The van der Waals surface area contributed by atoms with E-state index in [0.717, 1.165) is 6.42 Å². The summed E-state index contributed by atoms with van der Waals surface area (Å²) in [5, 5.41) is 2.83. The van der Waals surface area contributed by atoms with Crippen LogP contribution in [0.1, 0.15) is 26.7 Å². The van der Waals surface area contributed by atoms with Crippen molar-refractivity contribution in [3.63, 3.8) is 0 Å². The normalized spacial score (nSPS) is 11.2. The van der Waals surface area contributed by atoms with E-state index in [-0.39, 0.29) is 18.0 Å². The minimum atomic E-state index is -4.28. The predicted octanol–water partition coefficient (Wildman–Crippen LogP) is 2.42. The third kappa shape index (κ3) is 6.39. The molecule has 0 amide bonds. The smallest absolute Gasteiger partial charge is 0.392 e. The molecule has 1 aromatic rings. The maximum atomic E-state index is 12.0. The van der Waals surface area contributed by atoms with Gasteiger partial charge in [0, 0.05) is 6.54 Å². The molecule has 0 aliphatic rings. The third-order valence-electron chi connectivity index (χ3n) is 1.98. The second kappa shape index (κ2) is 7.71. The van der Waals surface area contributed by atoms with Gasteiger partial charge in [-0.15, -0.1) is 4.98 Å². The van der Waals surface area contributed by atoms with Crippen molar-refractivity contribution in [3.8, 4) is 12.0 Å². The first-order chi connectivity index (χ1) is 9.44. The van der Waals surface area contributed by atoms with Crippen LogP contribution in [-0.2, 0) is 0 Å². The maximum Gasteiger partial charge on any atom is 0.392 e. The van der Waals surface area contributed by atoms with Gasteiger partial charge < -0.3 is 14.8 Å². The fraction of sp³-hybridized carbons (Fsp3) is 0.727. The van der Waals surface area contributed by atoms with Crippen LogP contribution in [0.25, 0.3) is 0 Å². The topological polar surface area (TPSA) is 69.2 Å². The van der Waals surface area contributed by atoms with Crippen molar-refractivity contribution in [3.05, 3.63) is 0 Å². The van der Waals surface area contributed by atoms with Crippen molar-refractivity contribution in [2.75, 3.05) is 25.1 Å². The zero-order chi connectivity index (χ0) is 15.0. The number of nitrogens with zero attached hydrogens (tertiary/aromatic N) is 3. The first kappa shape index (κ1) is 16.3. The zero-order valence-corrected chi connectivity index (χ0v) is 11.3. The molecule has 1 heterocycles. The van der Waals surface area contributed by atoms with Gasteiger partial charge in [-0.3, -0.25) is 0 Å². The fourth-order valence-electron chi connectivity index (χ4n) is 1.16. The van der Waals surface area contributed by atoms with E-state index in [0.29, 0.717) is 13.2 Å². The molecule has 0 radical (unpaired) electrons. The lowest BCUT2D eigenvalue weighted by molar-refractivity contribution is -0.139. The molecule has 1 rings (SSSR count). The average molecular weight is 294 g/mol. The van der Waals surface area contributed by atoms with E-state index in [1.807, 2.05) is 13.8 Å². The second-order valence-electron chi connectivity index (χ2n) is 3.82. The van der Waals surface area contributed by atoms with Gasteiger partial charge in [-0.25, -0.2) is 0 Å². The zero-order valence-electron chi connectivity index (χ0n) is 11.3. The van der Waals surface area contributed by atoms with E-state index in [2.05, 4.69) is 20.3 Å². The Kier molecular flexibility index (Phi) is 6.26. The standard InChI is InChI=1S/C11H17F3N4O2/c1-3-6-19-9-16-8(15-4-2)17-10(18-9)20-7-5-11(12,13)14/h3-7H2,1-2H3,(H,15,16,17,18). The molecule has 20 heavy (non-hydrogen) atoms. The molecule has 0 fully saturated rings. The highest BCUT2D eigenvalue weighted by molar-refractivity contribution is 5.27. The van der Waals surface area contributed by atoms with Gasteiger partial charge in [-0.1, -0.05) is 6.92 Å². The first-order valence-electron chi connectivity index (χ1n) is 6.27. The van der Waals surface area contributed by atoms with Crippen molar-refractivity contribution < 1.29 is 22.6 Å². The number of anilines is 1. The van der Waals surface area contributed by atoms with Crippen molar-refractivity contribution in [2.24, 2.45) is 0 Å². The first-order valence-corrected chi connectivity index (χ1v) is 6.27. The summed E-state index contributed by atoms with van der Waals surface area (Å²) < 4.78 is 46.2. The molecular weight excluding hydrogens is 277 g/mol. The van der Waals surface area contributed by atoms with E-state index >= 15 is 0 Å². The molecule has 0 aliphatic heterocycles. The number of nitrogens with one attached hydrogen (secondary N) is 1. The van der Waals surface area contributed by atoms with Crippen LogP contribution in [0.3, 0.4) is 0 Å². The molecular formula is C11H17F3N4O2. The van der Waals surface area contributed by atoms with Crippen molar-refractivity contribution in [1.82, 2.24) is 15.0 Å². The number of rotatable bonds is 8. The van der Waals surface area contributed by atoms with Crippen LogP contribution < -0.4 is 14.8 Å². The Morgan fingerprint density at radius 3 is 2.10 bits per heavy atom. The molecule has 0 spiro atoms. The molecule has 1 aromatic heterocycles. The van der Waals surface area contributed by atoms with Gasteiger partial charge in [0.05, 0.1) is 13.0 Å². The Morgan fingerprint density at radius 1 is 1.00 bits per heavy atom. The van der Waals surface area contributed by atoms with Crippen molar-refractivity contribution in [2.45, 2.75) is 32.9 Å². The lowest BCUT2D eigenvalue weighted by Crippen LogP contribution is -2.15. The third-order valence-corrected chi connectivity index (χ3v) is 1.98. The van der Waals surface area contributed by atoms with Crippen LogP contribution in [0.15, 0.2) is 0 Å². The monoisotopic (exact) mass is 294 g/mol. The van der Waals surface area contributed by atoms with Crippen LogP contribution in [0.2, 0.25) is 0 Å². The SMILES string of the molecule is CCCOc1nc(NCC)nc(OCCC(F)(F)F)n1. The largest absolute Gasteiger partial charge is 0.463 e. The summed E-state index contributed by atoms with van der Waals surface area (Å²) in [7, 11) is 0. The molecule has 0 saturated carbocycles. The molecule has 114 valence electrons. The Labute approximate surface area is 114 Å². The minimum Gasteiger partial charge on any atom is -0.463 e. The summed E-state index contributed by atoms with van der Waals surface area (Å²) in [6.07, 6.45) is -4.59. The average Bonchev–Trinajstić information content (AvgIpc) is 2.35. The molecule has 0 unspecified atom stereocenters. The van der Waals surface area contributed by atoms with E-state index < -0.39 is 19.2 Å². The van der Waals surface area contributed by atoms with Crippen LogP contribution in [0, 0.1) is 0 Å². The number of hydrogen-bond donors (Lipinski definition) is 1. The highest BCUT2D eigenvalue weighted by Gasteiger charge is 2.27. The molecule has 0 saturated heterocycles. The number of hydrogen-bond acceptors (Lipinski definition) is 6. The summed E-state index contributed by atoms with van der Waals surface area (Å²) >= 11 is 0. The van der Waals surface area contributed by atoms with E-state index in [4.69, 9.17) is 9.47 Å². The van der Waals surface area contributed by atoms with E-state index in [9.17, 15) is 13.2 Å². The van der Waals surface area contributed by atoms with Crippen LogP contribution >= 0.6 is 0 Å². The highest BCUT2D eigenvalue weighted by Crippen LogP contribution is 2.20. The molecule has 0 aromatic carbocycles. The number of halogens is 3. The number of aromatic nitrogens is 3. The van der Waals surface area contributed by atoms with Gasteiger partial charge in [0.25, 0.3) is 0 Å². The summed E-state index contributed by atoms with van der Waals surface area (Å²) in [4.78, 5) is 11.6. The summed E-state index contributed by atoms with van der Waals surface area (Å²) in [6.45, 7) is 4.15. The number of alkyl halides is 3. The molecule has 0 atom stereocenters. The molecule has 0 aliphatic carbocycles. The van der Waals surface area contributed by atoms with Gasteiger partial charge in [-0.2, -0.15) is 23.1 Å². The maximum absolute atomic E-state index is 12.0. The number of ether oxygens (including phenoxy) is 2. The van der Waals surface area contributed by atoms with E-state index in [1.165, 1.54) is 0 Å². The quantitative estimate of drug-likeness (QED) is 0.794. The van der Waals surface area contributed by atoms with Crippen LogP contribution in [0.4, 0.5) is 19.1 Å². The van der Waals surface area contributed by atoms with Crippen molar-refractivity contribution >= 4 is 5.95 Å². The summed E-state index contributed by atoms with van der Waals surface area (Å²) in [6, 6.07) is -0.161. The van der Waals surface area contributed by atoms with Gasteiger partial charge >= 0.3 is 18.2 Å². The predicted molar refractivity (Wildman–Crippen MR) is 65.9 cm³/mol. The Morgan fingerprint density at radius 2 is 1.60 bits per heavy atom. The summed E-state index contributed by atoms with van der Waals surface area (Å²) in [5.41, 5.74) is 0. The fourth-order valence-corrected chi connectivity index (χ4v) is 1.16. The van der Waals surface area contributed by atoms with Crippen LogP contribution in [0.5, 0.6) is 12.0 Å². The van der Waals surface area contributed by atoms with Gasteiger partial charge in [0.15, 0.2) is 0 Å². The second-order valence-corrected chi connectivity index (χ2v) is 3.82.